The number of nitroso groups, excluding NO2 is 1. The van der Waals surface area contributed by atoms with Gasteiger partial charge in [0.05, 0.1) is 0 Å². The molecule has 2 aliphatic rings. The Morgan fingerprint density at radius 3 is 2.24 bits per heavy atom. The number of rotatable bonds is 10. The van der Waals surface area contributed by atoms with E-state index in [0.717, 1.165) is 76.0 Å². The normalized spacial score (nSPS) is 24.1. The fourth-order valence-electron chi connectivity index (χ4n) is 7.26. The summed E-state index contributed by atoms with van der Waals surface area (Å²) in [5, 5.41) is 6.64. The molecule has 2 atom stereocenters. The van der Waals surface area contributed by atoms with Gasteiger partial charge in [0, 0.05) is 10.7 Å². The number of thioether (sulfide) groups is 1. The maximum absolute atomic E-state index is 12.1. The third-order valence-corrected chi connectivity index (χ3v) is 9.81. The summed E-state index contributed by atoms with van der Waals surface area (Å²) in [7, 11) is 1.97. The highest BCUT2D eigenvalue weighted by Crippen LogP contribution is 2.56. The highest BCUT2D eigenvalue weighted by atomic mass is 32.2. The number of aldehydes is 1. The Balaban J connectivity index is 0.000000696. The topological polar surface area (TPSA) is 58.5 Å². The summed E-state index contributed by atoms with van der Waals surface area (Å²) < 4.78 is 0. The van der Waals surface area contributed by atoms with Crippen molar-refractivity contribution in [3.63, 3.8) is 0 Å². The van der Waals surface area contributed by atoms with Crippen LogP contribution in [0.5, 0.6) is 0 Å². The van der Waals surface area contributed by atoms with Crippen molar-refractivity contribution in [3.8, 4) is 11.1 Å². The number of benzene rings is 2. The van der Waals surface area contributed by atoms with E-state index in [9.17, 15) is 9.70 Å². The van der Waals surface area contributed by atoms with Gasteiger partial charge in [-0.3, -0.25) is 4.79 Å². The highest BCUT2D eigenvalue weighted by molar-refractivity contribution is 8.04. The first kappa shape index (κ1) is 33.3. The number of carbonyl (C=O) groups is 1. The molecule has 2 saturated carbocycles. The molecule has 4 rings (SSSR count). The molecular weight excluding hydrogens is 524 g/mol. The molecular formula is C36H52N2O2S. The van der Waals surface area contributed by atoms with Crippen molar-refractivity contribution < 1.29 is 4.79 Å². The molecule has 1 N–H and O–H groups in total. The van der Waals surface area contributed by atoms with Crippen LogP contribution in [-0.4, -0.2) is 25.6 Å². The smallest absolute Gasteiger partial charge is 0.156 e. The summed E-state index contributed by atoms with van der Waals surface area (Å²) >= 11 is 1.61. The largest absolute Gasteiger partial charge is 0.319 e. The second-order valence-electron chi connectivity index (χ2n) is 13.7. The molecule has 5 heteroatoms. The number of hydrogen-bond donors (Lipinski definition) is 1. The summed E-state index contributed by atoms with van der Waals surface area (Å²) in [5.41, 5.74) is 6.07. The first-order valence-corrected chi connectivity index (χ1v) is 16.5. The van der Waals surface area contributed by atoms with Gasteiger partial charge in [0.2, 0.25) is 0 Å². The van der Waals surface area contributed by atoms with Crippen molar-refractivity contribution in [1.29, 1.82) is 0 Å². The van der Waals surface area contributed by atoms with Gasteiger partial charge in [0.25, 0.3) is 0 Å². The van der Waals surface area contributed by atoms with Crippen LogP contribution in [0.2, 0.25) is 0 Å². The fourth-order valence-corrected chi connectivity index (χ4v) is 8.07. The van der Waals surface area contributed by atoms with E-state index in [4.69, 9.17) is 0 Å². The zero-order valence-electron chi connectivity index (χ0n) is 26.6. The van der Waals surface area contributed by atoms with Crippen LogP contribution < -0.4 is 5.32 Å². The van der Waals surface area contributed by atoms with Gasteiger partial charge in [-0.25, -0.2) is 0 Å². The number of fused-ring (bicyclic) bond motifs is 2. The molecule has 0 amide bonds. The molecule has 0 radical (unpaired) electrons. The van der Waals surface area contributed by atoms with E-state index in [0.29, 0.717) is 23.4 Å². The Hall–Kier alpha value is -2.24. The van der Waals surface area contributed by atoms with Crippen molar-refractivity contribution in [3.05, 3.63) is 62.9 Å². The number of nitrogens with zero attached hydrogens (tertiary/aromatic N) is 1. The van der Waals surface area contributed by atoms with Crippen molar-refractivity contribution in [1.82, 2.24) is 5.32 Å². The van der Waals surface area contributed by atoms with Gasteiger partial charge in [0.1, 0.15) is 5.69 Å². The first-order valence-electron chi connectivity index (χ1n) is 15.5. The highest BCUT2D eigenvalue weighted by Gasteiger charge is 2.46. The zero-order valence-corrected chi connectivity index (χ0v) is 27.4. The predicted molar refractivity (Wildman–Crippen MR) is 179 cm³/mol. The molecule has 2 bridgehead atoms. The molecule has 224 valence electrons. The van der Waals surface area contributed by atoms with Crippen LogP contribution in [0.3, 0.4) is 0 Å². The van der Waals surface area contributed by atoms with Crippen LogP contribution in [0, 0.1) is 41.4 Å². The monoisotopic (exact) mass is 576 g/mol. The Morgan fingerprint density at radius 2 is 1.71 bits per heavy atom. The molecule has 4 nitrogen and oxygen atoms in total. The first-order chi connectivity index (χ1) is 19.5. The molecule has 2 unspecified atom stereocenters. The summed E-state index contributed by atoms with van der Waals surface area (Å²) in [6.45, 7) is 16.6. The molecule has 2 aliphatic carbocycles. The van der Waals surface area contributed by atoms with Gasteiger partial charge in [-0.15, -0.1) is 16.7 Å². The molecule has 2 aromatic rings. The van der Waals surface area contributed by atoms with Crippen molar-refractivity contribution >= 4 is 29.8 Å². The molecule has 0 spiro atoms. The average Bonchev–Trinajstić information content (AvgIpc) is 2.90. The Kier molecular flexibility index (Phi) is 12.4. The van der Waals surface area contributed by atoms with Gasteiger partial charge in [-0.05, 0) is 145 Å². The summed E-state index contributed by atoms with van der Waals surface area (Å²) in [4.78, 5) is 24.5. The summed E-state index contributed by atoms with van der Waals surface area (Å²) in [5.74, 6) is 4.32. The second-order valence-corrected chi connectivity index (χ2v) is 14.8. The molecule has 2 aromatic carbocycles. The maximum atomic E-state index is 12.1. The van der Waals surface area contributed by atoms with Crippen LogP contribution in [0.4, 0.5) is 5.69 Å². The minimum Gasteiger partial charge on any atom is -0.319 e. The van der Waals surface area contributed by atoms with Crippen LogP contribution in [0.15, 0.2) is 46.5 Å². The number of carbonyl (C=O) groups excluding carboxylic acids is 1. The van der Waals surface area contributed by atoms with E-state index in [1.165, 1.54) is 19.3 Å². The SMILES string of the molecule is CNCC(C)C.Cc1cc(-c2cccc(/C=C(/C=O)SCC(C)C)c2)cc(C23CC(C)CC(CC(C)C2)C3)c1N=O. The predicted octanol–water partition coefficient (Wildman–Crippen LogP) is 9.95. The summed E-state index contributed by atoms with van der Waals surface area (Å²) in [6.07, 6.45) is 8.99. The fraction of sp³-hybridized carbons (Fsp3) is 0.583. The lowest BCUT2D eigenvalue weighted by Gasteiger charge is -2.50. The van der Waals surface area contributed by atoms with Gasteiger partial charge in [0.15, 0.2) is 6.29 Å². The standard InChI is InChI=1S/C31H39NO2S.C5H13N/c1-20(2)19-35-28(18-33)13-24-7-6-8-26(12-24)27-11-23(5)30(32-34)29(14-27)31-15-21(3)9-25(17-31)10-22(4)16-31;1-5(2)4-6-3/h6-8,11-14,18,20-22,25H,9-10,15-17,19H2,1-5H3;5-6H,4H2,1-3H3/b28-13-;. The maximum Gasteiger partial charge on any atom is 0.156 e. The van der Waals surface area contributed by atoms with Gasteiger partial charge < -0.3 is 5.32 Å². The minimum atomic E-state index is 0.0414. The molecule has 41 heavy (non-hydrogen) atoms. The lowest BCUT2D eigenvalue weighted by atomic mass is 9.54. The van der Waals surface area contributed by atoms with Crippen molar-refractivity contribution in [2.45, 2.75) is 86.0 Å². The van der Waals surface area contributed by atoms with Crippen molar-refractivity contribution in [2.75, 3.05) is 19.3 Å². The lowest BCUT2D eigenvalue weighted by Crippen LogP contribution is -2.42. The Labute approximate surface area is 253 Å². The number of hydrogen-bond acceptors (Lipinski definition) is 5. The quantitative estimate of drug-likeness (QED) is 0.174. The summed E-state index contributed by atoms with van der Waals surface area (Å²) in [6, 6.07) is 12.7. The minimum absolute atomic E-state index is 0.0414. The molecule has 2 fully saturated rings. The molecule has 0 aliphatic heterocycles. The van der Waals surface area contributed by atoms with E-state index >= 15 is 0 Å². The van der Waals surface area contributed by atoms with Gasteiger partial charge in [-0.2, -0.15) is 0 Å². The van der Waals surface area contributed by atoms with E-state index in [-0.39, 0.29) is 5.41 Å². The van der Waals surface area contributed by atoms with Gasteiger partial charge in [-0.1, -0.05) is 59.7 Å². The van der Waals surface area contributed by atoms with Crippen LogP contribution in [-0.2, 0) is 10.2 Å². The van der Waals surface area contributed by atoms with Crippen molar-refractivity contribution in [2.24, 2.45) is 34.8 Å². The third-order valence-electron chi connectivity index (χ3n) is 8.43. The van der Waals surface area contributed by atoms with Gasteiger partial charge >= 0.3 is 0 Å². The number of allylic oxidation sites excluding steroid dienone is 1. The Morgan fingerprint density at radius 1 is 1.02 bits per heavy atom. The van der Waals surface area contributed by atoms with E-state index < -0.39 is 0 Å². The second kappa shape index (κ2) is 15.3. The van der Waals surface area contributed by atoms with Crippen LogP contribution in [0.25, 0.3) is 17.2 Å². The average molecular weight is 577 g/mol. The zero-order chi connectivity index (χ0) is 30.2. The van der Waals surface area contributed by atoms with E-state index in [1.54, 1.807) is 11.8 Å². The molecule has 0 saturated heterocycles. The number of nitrogens with one attached hydrogen (secondary N) is 1. The third kappa shape index (κ3) is 9.12. The molecule has 0 aromatic heterocycles. The number of aryl methyl sites for hydroxylation is 1. The van der Waals surface area contributed by atoms with Crippen LogP contribution >= 0.6 is 11.8 Å². The molecule has 0 heterocycles. The Bertz CT molecular complexity index is 1180. The lowest BCUT2D eigenvalue weighted by molar-refractivity contribution is -0.104. The van der Waals surface area contributed by atoms with E-state index in [1.807, 2.05) is 26.1 Å². The van der Waals surface area contributed by atoms with Crippen LogP contribution in [0.1, 0.15) is 90.3 Å². The van der Waals surface area contributed by atoms with E-state index in [2.05, 4.69) is 82.4 Å².